The van der Waals surface area contributed by atoms with E-state index in [1.165, 1.54) is 7.11 Å². The minimum Gasteiger partial charge on any atom is -0.497 e. The molecule has 0 aliphatic carbocycles. The summed E-state index contributed by atoms with van der Waals surface area (Å²) >= 11 is 0. The van der Waals surface area contributed by atoms with Crippen molar-refractivity contribution >= 4 is 17.5 Å². The Bertz CT molecular complexity index is 842. The van der Waals surface area contributed by atoms with Gasteiger partial charge in [0.25, 0.3) is 0 Å². The zero-order valence-electron chi connectivity index (χ0n) is 15.6. The zero-order chi connectivity index (χ0) is 19.3. The second-order valence-corrected chi connectivity index (χ2v) is 5.57. The summed E-state index contributed by atoms with van der Waals surface area (Å²) in [5, 5.41) is 0. The predicted molar refractivity (Wildman–Crippen MR) is 101 cm³/mol. The fraction of sp³-hybridized carbons (Fsp3) is 0.250. The van der Waals surface area contributed by atoms with Crippen molar-refractivity contribution in [1.82, 2.24) is 0 Å². The second-order valence-electron chi connectivity index (χ2n) is 5.57. The molecule has 2 rings (SSSR count). The first kappa shape index (κ1) is 19.2. The lowest BCUT2D eigenvalue weighted by atomic mass is 10.0. The molecule has 0 fully saturated rings. The molecule has 2 aromatic rings. The molecule has 0 saturated carbocycles. The number of nitrogen functional groups attached to an aromatic ring is 1. The molecule has 0 heterocycles. The Labute approximate surface area is 153 Å². The molecule has 0 aromatic heterocycles. The highest BCUT2D eigenvalue weighted by molar-refractivity contribution is 6.11. The maximum Gasteiger partial charge on any atom is 0.188 e. The summed E-state index contributed by atoms with van der Waals surface area (Å²) < 4.78 is 21.2. The Balaban J connectivity index is 2.45. The number of carbonyl (C=O) groups excluding carboxylic acids is 1. The van der Waals surface area contributed by atoms with E-state index in [4.69, 9.17) is 24.7 Å². The summed E-state index contributed by atoms with van der Waals surface area (Å²) in [5.74, 6) is 2.02. The van der Waals surface area contributed by atoms with Gasteiger partial charge in [-0.1, -0.05) is 0 Å². The third kappa shape index (κ3) is 3.91. The summed E-state index contributed by atoms with van der Waals surface area (Å²) in [6.07, 6.45) is 1.73. The first-order valence-electron chi connectivity index (χ1n) is 7.91. The lowest BCUT2D eigenvalue weighted by Crippen LogP contribution is -2.03. The van der Waals surface area contributed by atoms with E-state index in [1.54, 1.807) is 64.7 Å². The molecule has 6 heteroatoms. The number of carbonyl (C=O) groups is 1. The number of benzene rings is 2. The van der Waals surface area contributed by atoms with Gasteiger partial charge in [0, 0.05) is 17.2 Å². The van der Waals surface area contributed by atoms with E-state index in [-0.39, 0.29) is 5.78 Å². The minimum absolute atomic E-state index is 0.150. The van der Waals surface area contributed by atoms with E-state index in [0.717, 1.165) is 0 Å². The number of allylic oxidation sites excluding steroid dienone is 1. The lowest BCUT2D eigenvalue weighted by Gasteiger charge is -2.13. The van der Waals surface area contributed by atoms with Crippen LogP contribution in [0.25, 0.3) is 6.08 Å². The van der Waals surface area contributed by atoms with Crippen LogP contribution in [0.3, 0.4) is 0 Å². The number of rotatable bonds is 7. The molecular weight excluding hydrogens is 334 g/mol. The van der Waals surface area contributed by atoms with Crippen molar-refractivity contribution in [2.24, 2.45) is 0 Å². The Morgan fingerprint density at radius 1 is 0.923 bits per heavy atom. The first-order chi connectivity index (χ1) is 12.4. The number of anilines is 1. The van der Waals surface area contributed by atoms with Crippen molar-refractivity contribution < 1.29 is 23.7 Å². The molecule has 6 nitrogen and oxygen atoms in total. The maximum absolute atomic E-state index is 12.7. The van der Waals surface area contributed by atoms with Gasteiger partial charge >= 0.3 is 0 Å². The predicted octanol–water partition coefficient (Wildman–Crippen LogP) is 3.59. The van der Waals surface area contributed by atoms with Crippen LogP contribution in [0.1, 0.15) is 22.8 Å². The standard InChI is InChI=1S/C20H23NO5/c1-12(19(22)13-6-7-17(24-3)16(21)10-13)8-14-9-15(23-2)11-18(25-4)20(14)26-5/h6-11H,21H2,1-5H3/b12-8+. The number of ether oxygens (including phenoxy) is 4. The average Bonchev–Trinajstić information content (AvgIpc) is 2.66. The molecule has 0 spiro atoms. The van der Waals surface area contributed by atoms with Gasteiger partial charge in [-0.2, -0.15) is 0 Å². The van der Waals surface area contributed by atoms with E-state index in [2.05, 4.69) is 0 Å². The Hall–Kier alpha value is -3.15. The normalized spacial score (nSPS) is 11.0. The van der Waals surface area contributed by atoms with Gasteiger partial charge in [-0.25, -0.2) is 0 Å². The summed E-state index contributed by atoms with van der Waals surface area (Å²) in [4.78, 5) is 12.7. The summed E-state index contributed by atoms with van der Waals surface area (Å²) in [6.45, 7) is 1.73. The molecule has 0 bridgehead atoms. The Kier molecular flexibility index (Phi) is 6.11. The topological polar surface area (TPSA) is 80.0 Å². The highest BCUT2D eigenvalue weighted by Gasteiger charge is 2.15. The molecule has 2 N–H and O–H groups in total. The second kappa shape index (κ2) is 8.29. The third-order valence-corrected chi connectivity index (χ3v) is 3.94. The van der Waals surface area contributed by atoms with Gasteiger partial charge in [0.2, 0.25) is 0 Å². The molecular formula is C20H23NO5. The summed E-state index contributed by atoms with van der Waals surface area (Å²) in [7, 11) is 6.18. The number of hydrogen-bond acceptors (Lipinski definition) is 6. The monoisotopic (exact) mass is 357 g/mol. The molecule has 0 saturated heterocycles. The largest absolute Gasteiger partial charge is 0.497 e. The van der Waals surface area contributed by atoms with Crippen LogP contribution in [-0.4, -0.2) is 34.2 Å². The molecule has 0 aliphatic heterocycles. The molecule has 26 heavy (non-hydrogen) atoms. The fourth-order valence-electron chi connectivity index (χ4n) is 2.59. The number of Topliss-reactive ketones (excluding diaryl/α,β-unsaturated/α-hetero) is 1. The molecule has 138 valence electrons. The SMILES string of the molecule is COc1cc(/C=C(\C)C(=O)c2ccc(OC)c(N)c2)c(OC)c(OC)c1. The number of methoxy groups -OCH3 is 4. The number of ketones is 1. The molecule has 0 unspecified atom stereocenters. The molecule has 0 atom stereocenters. The molecule has 0 amide bonds. The van der Waals surface area contributed by atoms with Gasteiger partial charge in [-0.05, 0) is 42.8 Å². The van der Waals surface area contributed by atoms with Crippen molar-refractivity contribution in [3.8, 4) is 23.0 Å². The van der Waals surface area contributed by atoms with Gasteiger partial charge in [0.1, 0.15) is 11.5 Å². The number of nitrogens with two attached hydrogens (primary N) is 1. The zero-order valence-corrected chi connectivity index (χ0v) is 15.6. The summed E-state index contributed by atoms with van der Waals surface area (Å²) in [6, 6.07) is 8.45. The van der Waals surface area contributed by atoms with Gasteiger partial charge in [-0.15, -0.1) is 0 Å². The van der Waals surface area contributed by atoms with Crippen molar-refractivity contribution in [3.63, 3.8) is 0 Å². The van der Waals surface area contributed by atoms with Crippen LogP contribution in [0.15, 0.2) is 35.9 Å². The number of hydrogen-bond donors (Lipinski definition) is 1. The van der Waals surface area contributed by atoms with Crippen LogP contribution >= 0.6 is 0 Å². The Morgan fingerprint density at radius 3 is 2.15 bits per heavy atom. The van der Waals surface area contributed by atoms with Crippen LogP contribution in [0.2, 0.25) is 0 Å². The van der Waals surface area contributed by atoms with Gasteiger partial charge < -0.3 is 24.7 Å². The van der Waals surface area contributed by atoms with E-state index in [0.29, 0.717) is 45.4 Å². The van der Waals surface area contributed by atoms with Gasteiger partial charge in [0.05, 0.1) is 34.1 Å². The van der Waals surface area contributed by atoms with Gasteiger partial charge in [0.15, 0.2) is 17.3 Å². The quantitative estimate of drug-likeness (QED) is 0.463. The highest BCUT2D eigenvalue weighted by Crippen LogP contribution is 2.37. The highest BCUT2D eigenvalue weighted by atomic mass is 16.5. The molecule has 0 aliphatic rings. The van der Waals surface area contributed by atoms with Crippen LogP contribution in [0.4, 0.5) is 5.69 Å². The fourth-order valence-corrected chi connectivity index (χ4v) is 2.59. The minimum atomic E-state index is -0.150. The van der Waals surface area contributed by atoms with E-state index < -0.39 is 0 Å². The summed E-state index contributed by atoms with van der Waals surface area (Å²) in [5.41, 5.74) is 7.97. The smallest absolute Gasteiger partial charge is 0.188 e. The lowest BCUT2D eigenvalue weighted by molar-refractivity contribution is 0.103. The van der Waals surface area contributed by atoms with Crippen LogP contribution < -0.4 is 24.7 Å². The first-order valence-corrected chi connectivity index (χ1v) is 7.91. The van der Waals surface area contributed by atoms with Crippen molar-refractivity contribution in [3.05, 3.63) is 47.0 Å². The van der Waals surface area contributed by atoms with E-state index >= 15 is 0 Å². The van der Waals surface area contributed by atoms with Crippen LogP contribution in [0, 0.1) is 0 Å². The van der Waals surface area contributed by atoms with Crippen molar-refractivity contribution in [2.45, 2.75) is 6.92 Å². The van der Waals surface area contributed by atoms with Crippen LogP contribution in [0.5, 0.6) is 23.0 Å². The maximum atomic E-state index is 12.7. The molecule has 2 aromatic carbocycles. The van der Waals surface area contributed by atoms with E-state index in [1.807, 2.05) is 0 Å². The molecule has 0 radical (unpaired) electrons. The van der Waals surface area contributed by atoms with E-state index in [9.17, 15) is 4.79 Å². The third-order valence-electron chi connectivity index (χ3n) is 3.94. The Morgan fingerprint density at radius 2 is 1.62 bits per heavy atom. The average molecular weight is 357 g/mol. The van der Waals surface area contributed by atoms with Crippen LogP contribution in [-0.2, 0) is 0 Å². The van der Waals surface area contributed by atoms with Crippen molar-refractivity contribution in [1.29, 1.82) is 0 Å². The van der Waals surface area contributed by atoms with Crippen molar-refractivity contribution in [2.75, 3.05) is 34.2 Å². The van der Waals surface area contributed by atoms with Gasteiger partial charge in [-0.3, -0.25) is 4.79 Å².